The summed E-state index contributed by atoms with van der Waals surface area (Å²) in [7, 11) is 1.77. The van der Waals surface area contributed by atoms with Crippen molar-refractivity contribution in [3.63, 3.8) is 0 Å². The number of pyridine rings is 1. The monoisotopic (exact) mass is 341 g/mol. The number of halogens is 3. The van der Waals surface area contributed by atoms with Gasteiger partial charge in [0.1, 0.15) is 5.69 Å². The minimum Gasteiger partial charge on any atom is -0.332 e. The Morgan fingerprint density at radius 3 is 2.33 bits per heavy atom. The normalized spacial score (nSPS) is 14.1. The van der Waals surface area contributed by atoms with Crippen molar-refractivity contribution in [1.29, 1.82) is 0 Å². The number of amides is 2. The van der Waals surface area contributed by atoms with Gasteiger partial charge in [-0.15, -0.1) is 0 Å². The van der Waals surface area contributed by atoms with E-state index in [1.54, 1.807) is 37.8 Å². The summed E-state index contributed by atoms with van der Waals surface area (Å²) < 4.78 is 39.1. The second kappa shape index (κ2) is 6.90. The number of nitrogens with zero attached hydrogens (tertiary/aromatic N) is 3. The zero-order valence-corrected chi connectivity index (χ0v) is 13.4. The van der Waals surface area contributed by atoms with Gasteiger partial charge in [0, 0.05) is 19.4 Å². The zero-order valence-electron chi connectivity index (χ0n) is 13.4. The summed E-state index contributed by atoms with van der Waals surface area (Å²) in [6.07, 6.45) is -1.74. The Kier molecular flexibility index (Phi) is 5.10. The van der Waals surface area contributed by atoms with Crippen LogP contribution in [0.4, 0.5) is 18.0 Å². The smallest absolute Gasteiger partial charge is 0.332 e. The molecule has 0 fully saturated rings. The zero-order chi connectivity index (χ0) is 17.9. The molecule has 0 aliphatic carbocycles. The standard InChI is InChI=1S/C15H18F3N5O/c1-9(11-4-5-13(19-8-11)15(16,17)18)21-14(24)22-10(2)12-6-7-20-23(12)3/h4-10H,1-3H3,(H2,21,22,24)/t9-,10-/m1/s1. The topological polar surface area (TPSA) is 71.8 Å². The van der Waals surface area contributed by atoms with Gasteiger partial charge in [-0.2, -0.15) is 18.3 Å². The summed E-state index contributed by atoms with van der Waals surface area (Å²) in [4.78, 5) is 15.4. The van der Waals surface area contributed by atoms with Crippen LogP contribution in [0.3, 0.4) is 0 Å². The van der Waals surface area contributed by atoms with Gasteiger partial charge < -0.3 is 10.6 Å². The molecular formula is C15H18F3N5O. The van der Waals surface area contributed by atoms with Crippen LogP contribution in [0.5, 0.6) is 0 Å². The van der Waals surface area contributed by atoms with Crippen LogP contribution in [-0.4, -0.2) is 20.8 Å². The second-order valence-electron chi connectivity index (χ2n) is 5.42. The van der Waals surface area contributed by atoms with E-state index in [-0.39, 0.29) is 6.04 Å². The molecule has 2 aromatic heterocycles. The minimum atomic E-state index is -4.48. The Morgan fingerprint density at radius 1 is 1.17 bits per heavy atom. The molecule has 0 aliphatic heterocycles. The van der Waals surface area contributed by atoms with Crippen molar-refractivity contribution in [3.05, 3.63) is 47.5 Å². The maximum Gasteiger partial charge on any atom is 0.433 e. The van der Waals surface area contributed by atoms with Gasteiger partial charge in [0.2, 0.25) is 0 Å². The third kappa shape index (κ3) is 4.24. The lowest BCUT2D eigenvalue weighted by Gasteiger charge is -2.19. The largest absolute Gasteiger partial charge is 0.433 e. The fraction of sp³-hybridized carbons (Fsp3) is 0.400. The average molecular weight is 341 g/mol. The van der Waals surface area contributed by atoms with Crippen LogP contribution in [0.1, 0.15) is 42.9 Å². The van der Waals surface area contributed by atoms with Gasteiger partial charge in [0.25, 0.3) is 0 Å². The first-order chi connectivity index (χ1) is 11.2. The van der Waals surface area contributed by atoms with Crippen molar-refractivity contribution >= 4 is 6.03 Å². The molecule has 0 saturated heterocycles. The van der Waals surface area contributed by atoms with Gasteiger partial charge in [-0.25, -0.2) is 4.79 Å². The molecular weight excluding hydrogens is 323 g/mol. The summed E-state index contributed by atoms with van der Waals surface area (Å²) in [6, 6.07) is 2.79. The lowest BCUT2D eigenvalue weighted by molar-refractivity contribution is -0.141. The minimum absolute atomic E-state index is 0.268. The van der Waals surface area contributed by atoms with Gasteiger partial charge in [0.15, 0.2) is 0 Å². The van der Waals surface area contributed by atoms with Crippen LogP contribution in [-0.2, 0) is 13.2 Å². The number of carbonyl (C=O) groups is 1. The second-order valence-corrected chi connectivity index (χ2v) is 5.42. The first-order valence-electron chi connectivity index (χ1n) is 7.26. The number of carbonyl (C=O) groups excluding carboxylic acids is 1. The molecule has 130 valence electrons. The molecule has 6 nitrogen and oxygen atoms in total. The van der Waals surface area contributed by atoms with Gasteiger partial charge in [-0.3, -0.25) is 9.67 Å². The van der Waals surface area contributed by atoms with E-state index in [0.717, 1.165) is 18.0 Å². The molecule has 0 unspecified atom stereocenters. The summed E-state index contributed by atoms with van der Waals surface area (Å²) in [5, 5.41) is 9.44. The van der Waals surface area contributed by atoms with Crippen LogP contribution in [0, 0.1) is 0 Å². The molecule has 2 atom stereocenters. The first-order valence-corrected chi connectivity index (χ1v) is 7.26. The summed E-state index contributed by atoms with van der Waals surface area (Å²) in [6.45, 7) is 3.47. The van der Waals surface area contributed by atoms with Crippen LogP contribution in [0.2, 0.25) is 0 Å². The average Bonchev–Trinajstić information content (AvgIpc) is 2.92. The molecule has 0 aromatic carbocycles. The Balaban J connectivity index is 1.95. The molecule has 0 saturated carbocycles. The highest BCUT2D eigenvalue weighted by Crippen LogP contribution is 2.27. The van der Waals surface area contributed by atoms with Crippen molar-refractivity contribution in [2.24, 2.45) is 7.05 Å². The van der Waals surface area contributed by atoms with E-state index in [9.17, 15) is 18.0 Å². The maximum atomic E-state index is 12.5. The first kappa shape index (κ1) is 17.8. The third-order valence-corrected chi connectivity index (χ3v) is 3.57. The van der Waals surface area contributed by atoms with Crippen molar-refractivity contribution < 1.29 is 18.0 Å². The lowest BCUT2D eigenvalue weighted by atomic mass is 10.1. The van der Waals surface area contributed by atoms with E-state index in [1.165, 1.54) is 6.07 Å². The summed E-state index contributed by atoms with van der Waals surface area (Å²) >= 11 is 0. The Labute approximate surface area is 137 Å². The molecule has 2 aromatic rings. The van der Waals surface area contributed by atoms with Crippen molar-refractivity contribution in [1.82, 2.24) is 25.4 Å². The molecule has 2 amide bonds. The van der Waals surface area contributed by atoms with Gasteiger partial charge >= 0.3 is 12.2 Å². The number of aromatic nitrogens is 3. The number of rotatable bonds is 4. The number of urea groups is 1. The highest BCUT2D eigenvalue weighted by molar-refractivity contribution is 5.74. The molecule has 0 bridgehead atoms. The lowest BCUT2D eigenvalue weighted by Crippen LogP contribution is -2.38. The van der Waals surface area contributed by atoms with Crippen LogP contribution in [0.15, 0.2) is 30.6 Å². The van der Waals surface area contributed by atoms with Gasteiger partial charge in [-0.1, -0.05) is 6.07 Å². The Morgan fingerprint density at radius 2 is 1.83 bits per heavy atom. The van der Waals surface area contributed by atoms with Crippen LogP contribution >= 0.6 is 0 Å². The van der Waals surface area contributed by atoms with Crippen molar-refractivity contribution in [3.8, 4) is 0 Å². The van der Waals surface area contributed by atoms with E-state index in [2.05, 4.69) is 20.7 Å². The Hall–Kier alpha value is -2.58. The third-order valence-electron chi connectivity index (χ3n) is 3.57. The van der Waals surface area contributed by atoms with Crippen molar-refractivity contribution in [2.75, 3.05) is 0 Å². The summed E-state index contributed by atoms with van der Waals surface area (Å²) in [5.74, 6) is 0. The Bertz CT molecular complexity index is 696. The fourth-order valence-electron chi connectivity index (χ4n) is 2.23. The van der Waals surface area contributed by atoms with Crippen molar-refractivity contribution in [2.45, 2.75) is 32.1 Å². The number of nitrogens with one attached hydrogen (secondary N) is 2. The molecule has 2 N–H and O–H groups in total. The molecule has 2 rings (SSSR count). The highest BCUT2D eigenvalue weighted by atomic mass is 19.4. The molecule has 2 heterocycles. The van der Waals surface area contributed by atoms with Crippen LogP contribution in [0.25, 0.3) is 0 Å². The predicted octanol–water partition coefficient (Wildman–Crippen LogP) is 2.96. The molecule has 0 aliphatic rings. The SMILES string of the molecule is C[C@@H](NC(=O)N[C@H](C)c1ccnn1C)c1ccc(C(F)(F)F)nc1. The van der Waals surface area contributed by atoms with E-state index in [1.807, 2.05) is 0 Å². The number of alkyl halides is 3. The highest BCUT2D eigenvalue weighted by Gasteiger charge is 2.32. The van der Waals surface area contributed by atoms with E-state index < -0.39 is 23.9 Å². The maximum absolute atomic E-state index is 12.5. The number of hydrogen-bond donors (Lipinski definition) is 2. The molecule has 24 heavy (non-hydrogen) atoms. The molecule has 0 spiro atoms. The predicted molar refractivity (Wildman–Crippen MR) is 80.9 cm³/mol. The van der Waals surface area contributed by atoms with E-state index in [4.69, 9.17) is 0 Å². The summed E-state index contributed by atoms with van der Waals surface area (Å²) in [5.41, 5.74) is 0.341. The van der Waals surface area contributed by atoms with Gasteiger partial charge in [-0.05, 0) is 31.5 Å². The number of aryl methyl sites for hydroxylation is 1. The number of hydrogen-bond acceptors (Lipinski definition) is 3. The van der Waals surface area contributed by atoms with Gasteiger partial charge in [0.05, 0.1) is 17.8 Å². The van der Waals surface area contributed by atoms with Crippen LogP contribution < -0.4 is 10.6 Å². The van der Waals surface area contributed by atoms with E-state index in [0.29, 0.717) is 5.56 Å². The van der Waals surface area contributed by atoms with E-state index >= 15 is 0 Å². The fourth-order valence-corrected chi connectivity index (χ4v) is 2.23. The quantitative estimate of drug-likeness (QED) is 0.898. The molecule has 9 heteroatoms. The molecule has 0 radical (unpaired) electrons.